The number of hydrogen-bond donors (Lipinski definition) is 1. The second kappa shape index (κ2) is 7.93. The molecule has 0 radical (unpaired) electrons. The Bertz CT molecular complexity index is 1030. The van der Waals surface area contributed by atoms with Crippen LogP contribution in [0.2, 0.25) is 0 Å². The van der Waals surface area contributed by atoms with Gasteiger partial charge in [0.1, 0.15) is 5.69 Å². The molecule has 4 nitrogen and oxygen atoms in total. The van der Waals surface area contributed by atoms with Crippen LogP contribution in [0.4, 0.5) is 5.13 Å². The van der Waals surface area contributed by atoms with E-state index in [-0.39, 0.29) is 5.91 Å². The van der Waals surface area contributed by atoms with E-state index >= 15 is 0 Å². The van der Waals surface area contributed by atoms with Crippen LogP contribution in [-0.4, -0.2) is 15.9 Å². The lowest BCUT2D eigenvalue weighted by Crippen LogP contribution is -2.14. The van der Waals surface area contributed by atoms with Gasteiger partial charge in [0.2, 0.25) is 5.91 Å². The number of thiazole rings is 1. The zero-order valence-electron chi connectivity index (χ0n) is 14.5. The van der Waals surface area contributed by atoms with Crippen molar-refractivity contribution >= 4 is 22.4 Å². The topological polar surface area (TPSA) is 54.9 Å². The number of benzene rings is 2. The van der Waals surface area contributed by atoms with Crippen LogP contribution in [0.5, 0.6) is 0 Å². The minimum Gasteiger partial charge on any atom is -0.302 e. The van der Waals surface area contributed by atoms with Crippen molar-refractivity contribution in [2.45, 2.75) is 6.42 Å². The van der Waals surface area contributed by atoms with Gasteiger partial charge in [-0.3, -0.25) is 9.78 Å². The van der Waals surface area contributed by atoms with Gasteiger partial charge in [0, 0.05) is 11.6 Å². The Labute approximate surface area is 161 Å². The van der Waals surface area contributed by atoms with Crippen molar-refractivity contribution in [3.8, 4) is 22.5 Å². The predicted molar refractivity (Wildman–Crippen MR) is 110 cm³/mol. The van der Waals surface area contributed by atoms with E-state index in [2.05, 4.69) is 27.4 Å². The first kappa shape index (κ1) is 17.1. The number of anilines is 1. The number of nitrogens with zero attached hydrogens (tertiary/aromatic N) is 2. The van der Waals surface area contributed by atoms with Crippen LogP contribution >= 0.6 is 11.3 Å². The monoisotopic (exact) mass is 371 g/mol. The average Bonchev–Trinajstić information content (AvgIpc) is 3.18. The summed E-state index contributed by atoms with van der Waals surface area (Å²) in [6.07, 6.45) is 2.04. The van der Waals surface area contributed by atoms with E-state index in [0.717, 1.165) is 22.5 Å². The van der Waals surface area contributed by atoms with Gasteiger partial charge in [-0.25, -0.2) is 4.98 Å². The summed E-state index contributed by atoms with van der Waals surface area (Å²) in [6.45, 7) is 0. The molecule has 0 saturated heterocycles. The van der Waals surface area contributed by atoms with Crippen molar-refractivity contribution in [3.05, 3.63) is 89.9 Å². The highest BCUT2D eigenvalue weighted by atomic mass is 32.1. The molecule has 2 aromatic heterocycles. The molecule has 132 valence electrons. The Hall–Kier alpha value is -3.31. The second-order valence-electron chi connectivity index (χ2n) is 6.04. The van der Waals surface area contributed by atoms with Crippen molar-refractivity contribution < 1.29 is 4.79 Å². The van der Waals surface area contributed by atoms with Gasteiger partial charge in [0.15, 0.2) is 5.13 Å². The van der Waals surface area contributed by atoms with E-state index in [1.54, 1.807) is 6.20 Å². The summed E-state index contributed by atoms with van der Waals surface area (Å²) in [5.74, 6) is -0.0793. The van der Waals surface area contributed by atoms with Crippen molar-refractivity contribution in [1.29, 1.82) is 0 Å². The molecule has 27 heavy (non-hydrogen) atoms. The molecule has 0 spiro atoms. The molecule has 1 amide bonds. The molecule has 0 aliphatic carbocycles. The predicted octanol–water partition coefficient (Wildman–Crippen LogP) is 5.05. The first-order valence-electron chi connectivity index (χ1n) is 8.59. The van der Waals surface area contributed by atoms with Crippen LogP contribution in [-0.2, 0) is 11.2 Å². The van der Waals surface area contributed by atoms with Crippen LogP contribution in [0.1, 0.15) is 5.56 Å². The SMILES string of the molecule is O=C(Cc1ccc(-c2ccccc2)cc1)Nc1nc(-c2ccccn2)cs1. The van der Waals surface area contributed by atoms with Crippen molar-refractivity contribution in [2.75, 3.05) is 5.32 Å². The zero-order valence-corrected chi connectivity index (χ0v) is 15.3. The van der Waals surface area contributed by atoms with Gasteiger partial charge >= 0.3 is 0 Å². The summed E-state index contributed by atoms with van der Waals surface area (Å²) in [7, 11) is 0. The van der Waals surface area contributed by atoms with Gasteiger partial charge in [-0.1, -0.05) is 60.7 Å². The molecule has 0 unspecified atom stereocenters. The van der Waals surface area contributed by atoms with Gasteiger partial charge in [-0.05, 0) is 28.8 Å². The minimum atomic E-state index is -0.0793. The average molecular weight is 371 g/mol. The maximum Gasteiger partial charge on any atom is 0.230 e. The van der Waals surface area contributed by atoms with Crippen LogP contribution in [0.15, 0.2) is 84.4 Å². The van der Waals surface area contributed by atoms with Crippen LogP contribution in [0.25, 0.3) is 22.5 Å². The van der Waals surface area contributed by atoms with E-state index in [1.807, 2.05) is 66.0 Å². The normalized spacial score (nSPS) is 10.5. The van der Waals surface area contributed by atoms with E-state index in [4.69, 9.17) is 0 Å². The number of carbonyl (C=O) groups excluding carboxylic acids is 1. The Balaban J connectivity index is 1.39. The summed E-state index contributed by atoms with van der Waals surface area (Å²) in [6, 6.07) is 23.9. The molecule has 0 aliphatic rings. The molecule has 0 bridgehead atoms. The molecular formula is C22H17N3OS. The highest BCUT2D eigenvalue weighted by molar-refractivity contribution is 7.14. The van der Waals surface area contributed by atoms with E-state index in [9.17, 15) is 4.79 Å². The molecule has 0 aliphatic heterocycles. The van der Waals surface area contributed by atoms with Crippen LogP contribution < -0.4 is 5.32 Å². The number of carbonyl (C=O) groups is 1. The smallest absolute Gasteiger partial charge is 0.230 e. The van der Waals surface area contributed by atoms with Gasteiger partial charge < -0.3 is 5.32 Å². The summed E-state index contributed by atoms with van der Waals surface area (Å²) in [5.41, 5.74) is 4.83. The molecule has 0 saturated carbocycles. The minimum absolute atomic E-state index is 0.0793. The molecule has 2 aromatic carbocycles. The van der Waals surface area contributed by atoms with E-state index in [0.29, 0.717) is 11.6 Å². The van der Waals surface area contributed by atoms with E-state index in [1.165, 1.54) is 16.9 Å². The fraction of sp³-hybridized carbons (Fsp3) is 0.0455. The van der Waals surface area contributed by atoms with E-state index < -0.39 is 0 Å². The molecule has 4 rings (SSSR count). The Morgan fingerprint density at radius 3 is 2.33 bits per heavy atom. The van der Waals surface area contributed by atoms with Crippen molar-refractivity contribution in [3.63, 3.8) is 0 Å². The fourth-order valence-electron chi connectivity index (χ4n) is 2.76. The maximum absolute atomic E-state index is 12.3. The Morgan fingerprint density at radius 1 is 0.852 bits per heavy atom. The molecular weight excluding hydrogens is 354 g/mol. The molecule has 0 atom stereocenters. The first-order valence-corrected chi connectivity index (χ1v) is 9.47. The lowest BCUT2D eigenvalue weighted by atomic mass is 10.0. The number of amides is 1. The second-order valence-corrected chi connectivity index (χ2v) is 6.90. The quantitative estimate of drug-likeness (QED) is 0.534. The highest BCUT2D eigenvalue weighted by Gasteiger charge is 2.09. The van der Waals surface area contributed by atoms with Gasteiger partial charge in [0.05, 0.1) is 12.1 Å². The van der Waals surface area contributed by atoms with Gasteiger partial charge in [0.25, 0.3) is 0 Å². The zero-order chi connectivity index (χ0) is 18.5. The first-order chi connectivity index (χ1) is 13.3. The summed E-state index contributed by atoms with van der Waals surface area (Å²) in [4.78, 5) is 21.0. The molecule has 2 heterocycles. The third-order valence-electron chi connectivity index (χ3n) is 4.10. The third kappa shape index (κ3) is 4.27. The summed E-state index contributed by atoms with van der Waals surface area (Å²) >= 11 is 1.40. The lowest BCUT2D eigenvalue weighted by molar-refractivity contribution is -0.115. The summed E-state index contributed by atoms with van der Waals surface area (Å²) < 4.78 is 0. The lowest BCUT2D eigenvalue weighted by Gasteiger charge is -2.05. The maximum atomic E-state index is 12.3. The number of nitrogens with one attached hydrogen (secondary N) is 1. The highest BCUT2D eigenvalue weighted by Crippen LogP contribution is 2.23. The number of rotatable bonds is 5. The van der Waals surface area contributed by atoms with Crippen LogP contribution in [0, 0.1) is 0 Å². The fourth-order valence-corrected chi connectivity index (χ4v) is 3.48. The standard InChI is InChI=1S/C22H17N3OS/c26-21(25-22-24-20(15-27-22)19-8-4-5-13-23-19)14-16-9-11-18(12-10-16)17-6-2-1-3-7-17/h1-13,15H,14H2,(H,24,25,26). The molecule has 4 aromatic rings. The molecule has 5 heteroatoms. The Morgan fingerprint density at radius 2 is 1.59 bits per heavy atom. The number of hydrogen-bond acceptors (Lipinski definition) is 4. The molecule has 0 fully saturated rings. The van der Waals surface area contributed by atoms with Crippen LogP contribution in [0.3, 0.4) is 0 Å². The third-order valence-corrected chi connectivity index (χ3v) is 4.86. The Kier molecular flexibility index (Phi) is 5.03. The molecule has 1 N–H and O–H groups in total. The van der Waals surface area contributed by atoms with Crippen molar-refractivity contribution in [1.82, 2.24) is 9.97 Å². The number of pyridine rings is 1. The van der Waals surface area contributed by atoms with Crippen molar-refractivity contribution in [2.24, 2.45) is 0 Å². The summed E-state index contributed by atoms with van der Waals surface area (Å²) in [5, 5.41) is 5.35. The number of aromatic nitrogens is 2. The van der Waals surface area contributed by atoms with Gasteiger partial charge in [-0.2, -0.15) is 0 Å². The largest absolute Gasteiger partial charge is 0.302 e. The van der Waals surface area contributed by atoms with Gasteiger partial charge in [-0.15, -0.1) is 11.3 Å².